The van der Waals surface area contributed by atoms with E-state index in [-0.39, 0.29) is 0 Å². The van der Waals surface area contributed by atoms with Gasteiger partial charge >= 0.3 is 0 Å². The molecule has 0 spiro atoms. The second kappa shape index (κ2) is 6.36. The van der Waals surface area contributed by atoms with Gasteiger partial charge in [-0.3, -0.25) is 4.18 Å². The van der Waals surface area contributed by atoms with Crippen LogP contribution in [0, 0.1) is 0 Å². The Hall–Kier alpha value is -0.410. The zero-order valence-corrected chi connectivity index (χ0v) is 9.82. The van der Waals surface area contributed by atoms with Crippen molar-refractivity contribution >= 4 is 10.1 Å². The topological polar surface area (TPSA) is 63.6 Å². The minimum absolute atomic E-state index is 0.582. The van der Waals surface area contributed by atoms with Gasteiger partial charge in [0.05, 0.1) is 6.26 Å². The molecule has 100 valence electrons. The molecular weight excluding hydrogens is 256 g/mol. The molecule has 0 radical (unpaired) electrons. The Morgan fingerprint density at radius 2 is 1.44 bits per heavy atom. The number of hydrogen-bond donors (Lipinski definition) is 1. The number of halogens is 4. The van der Waals surface area contributed by atoms with Crippen LogP contribution in [0.1, 0.15) is 13.8 Å². The molecule has 0 aromatic heterocycles. The van der Waals surface area contributed by atoms with Gasteiger partial charge in [-0.15, -0.1) is 0 Å². The average Bonchev–Trinajstić information content (AvgIpc) is 1.98. The average molecular weight is 270 g/mol. The summed E-state index contributed by atoms with van der Waals surface area (Å²) in [6.07, 6.45) is 0.721. The summed E-state index contributed by atoms with van der Waals surface area (Å²) in [5.74, 6) is -6.00. The minimum atomic E-state index is -3.74. The molecule has 9 heteroatoms. The molecule has 0 rings (SSSR count). The second-order valence-electron chi connectivity index (χ2n) is 3.26. The SMILES string of the molecule is CC(F)(F)CO.CC(F)(F)COS(C)(=O)=O. The third-order valence-electron chi connectivity index (χ3n) is 0.804. The van der Waals surface area contributed by atoms with Crippen molar-refractivity contribution in [3.05, 3.63) is 0 Å². The van der Waals surface area contributed by atoms with Gasteiger partial charge in [-0.25, -0.2) is 17.6 Å². The summed E-state index contributed by atoms with van der Waals surface area (Å²) in [7, 11) is -3.74. The van der Waals surface area contributed by atoms with Crippen LogP contribution < -0.4 is 0 Å². The maximum Gasteiger partial charge on any atom is 0.269 e. The zero-order chi connectivity index (χ0) is 13.6. The Balaban J connectivity index is 0. The van der Waals surface area contributed by atoms with Crippen molar-refractivity contribution in [1.82, 2.24) is 0 Å². The Labute approximate surface area is 91.3 Å². The maximum atomic E-state index is 11.9. The first-order chi connectivity index (χ1) is 6.77. The van der Waals surface area contributed by atoms with E-state index in [1.807, 2.05) is 0 Å². The molecule has 0 aromatic carbocycles. The van der Waals surface area contributed by atoms with Crippen LogP contribution in [-0.4, -0.2) is 44.8 Å². The van der Waals surface area contributed by atoms with E-state index in [4.69, 9.17) is 5.11 Å². The Kier molecular flexibility index (Phi) is 7.14. The summed E-state index contributed by atoms with van der Waals surface area (Å²) >= 11 is 0. The summed E-state index contributed by atoms with van der Waals surface area (Å²) in [6, 6.07) is 0. The van der Waals surface area contributed by atoms with Gasteiger partial charge in [0.1, 0.15) is 13.2 Å². The fourth-order valence-electron chi connectivity index (χ4n) is 0.211. The lowest BCUT2D eigenvalue weighted by Crippen LogP contribution is -2.21. The summed E-state index contributed by atoms with van der Waals surface area (Å²) in [5, 5.41) is 7.65. The summed E-state index contributed by atoms with van der Waals surface area (Å²) in [6.45, 7) is -0.913. The highest BCUT2D eigenvalue weighted by Crippen LogP contribution is 2.12. The van der Waals surface area contributed by atoms with E-state index in [0.29, 0.717) is 13.8 Å². The van der Waals surface area contributed by atoms with E-state index < -0.39 is 35.2 Å². The number of aliphatic hydroxyl groups is 1. The summed E-state index contributed by atoms with van der Waals surface area (Å²) in [4.78, 5) is 0. The lowest BCUT2D eigenvalue weighted by Gasteiger charge is -2.07. The van der Waals surface area contributed by atoms with Gasteiger partial charge < -0.3 is 5.11 Å². The van der Waals surface area contributed by atoms with Crippen LogP contribution in [0.3, 0.4) is 0 Å². The Morgan fingerprint density at radius 3 is 1.50 bits per heavy atom. The lowest BCUT2D eigenvalue weighted by atomic mass is 10.4. The van der Waals surface area contributed by atoms with Gasteiger partial charge in [0, 0.05) is 13.8 Å². The zero-order valence-electron chi connectivity index (χ0n) is 9.01. The first-order valence-corrected chi connectivity index (χ1v) is 5.79. The van der Waals surface area contributed by atoms with E-state index in [0.717, 1.165) is 6.26 Å². The number of hydrogen-bond acceptors (Lipinski definition) is 4. The molecule has 0 fully saturated rings. The third kappa shape index (κ3) is 23.4. The second-order valence-corrected chi connectivity index (χ2v) is 4.91. The Bertz CT molecular complexity index is 278. The van der Waals surface area contributed by atoms with Gasteiger partial charge in [0.2, 0.25) is 0 Å². The Morgan fingerprint density at radius 1 is 1.12 bits per heavy atom. The van der Waals surface area contributed by atoms with Crippen LogP contribution in [-0.2, 0) is 14.3 Å². The van der Waals surface area contributed by atoms with E-state index in [1.54, 1.807) is 0 Å². The molecule has 0 saturated carbocycles. The smallest absolute Gasteiger partial charge is 0.269 e. The van der Waals surface area contributed by atoms with Crippen LogP contribution in [0.4, 0.5) is 17.6 Å². The minimum Gasteiger partial charge on any atom is -0.390 e. The van der Waals surface area contributed by atoms with E-state index in [9.17, 15) is 26.0 Å². The predicted molar refractivity (Wildman–Crippen MR) is 49.1 cm³/mol. The number of aliphatic hydroxyl groups excluding tert-OH is 1. The van der Waals surface area contributed by atoms with Gasteiger partial charge in [0.15, 0.2) is 0 Å². The summed E-state index contributed by atoms with van der Waals surface area (Å²) < 4.78 is 70.2. The molecule has 0 unspecified atom stereocenters. The van der Waals surface area contributed by atoms with Crippen LogP contribution in [0.2, 0.25) is 0 Å². The molecule has 0 saturated heterocycles. The number of alkyl halides is 4. The van der Waals surface area contributed by atoms with Gasteiger partial charge in [-0.05, 0) is 0 Å². The molecule has 0 atom stereocenters. The standard InChI is InChI=1S/C4H8F2O3S.C3H6F2O/c1-4(5,6)3-9-10(2,7)8;1-3(4,5)2-6/h3H2,1-2H3;6H,2H2,1H3. The fraction of sp³-hybridized carbons (Fsp3) is 1.00. The third-order valence-corrected chi connectivity index (χ3v) is 1.35. The molecule has 1 N–H and O–H groups in total. The lowest BCUT2D eigenvalue weighted by molar-refractivity contribution is -0.0322. The molecule has 0 amide bonds. The highest BCUT2D eigenvalue weighted by Gasteiger charge is 2.23. The first kappa shape index (κ1) is 18.0. The quantitative estimate of drug-likeness (QED) is 0.617. The fourth-order valence-corrected chi connectivity index (χ4v) is 0.632. The van der Waals surface area contributed by atoms with Crippen molar-refractivity contribution < 1.29 is 35.3 Å². The van der Waals surface area contributed by atoms with Crippen LogP contribution in [0.5, 0.6) is 0 Å². The van der Waals surface area contributed by atoms with Crippen molar-refractivity contribution in [3.8, 4) is 0 Å². The molecule has 0 heterocycles. The van der Waals surface area contributed by atoms with Crippen LogP contribution >= 0.6 is 0 Å². The summed E-state index contributed by atoms with van der Waals surface area (Å²) in [5.41, 5.74) is 0. The molecule has 0 bridgehead atoms. The van der Waals surface area contributed by atoms with Crippen molar-refractivity contribution in [1.29, 1.82) is 0 Å². The van der Waals surface area contributed by atoms with Crippen LogP contribution in [0.15, 0.2) is 0 Å². The van der Waals surface area contributed by atoms with E-state index >= 15 is 0 Å². The molecule has 0 aliphatic rings. The largest absolute Gasteiger partial charge is 0.390 e. The van der Waals surface area contributed by atoms with Crippen molar-refractivity contribution in [2.24, 2.45) is 0 Å². The van der Waals surface area contributed by atoms with Gasteiger partial charge in [-0.2, -0.15) is 8.42 Å². The molecule has 0 aliphatic carbocycles. The van der Waals surface area contributed by atoms with Crippen molar-refractivity contribution in [2.75, 3.05) is 19.5 Å². The highest BCUT2D eigenvalue weighted by molar-refractivity contribution is 7.85. The van der Waals surface area contributed by atoms with Crippen molar-refractivity contribution in [2.45, 2.75) is 25.7 Å². The molecule has 0 aliphatic heterocycles. The van der Waals surface area contributed by atoms with E-state index in [1.165, 1.54) is 0 Å². The van der Waals surface area contributed by atoms with Crippen molar-refractivity contribution in [3.63, 3.8) is 0 Å². The van der Waals surface area contributed by atoms with Gasteiger partial charge in [-0.1, -0.05) is 0 Å². The molecule has 16 heavy (non-hydrogen) atoms. The molecular formula is C7H14F4O4S. The number of rotatable bonds is 4. The molecule has 0 aromatic rings. The maximum absolute atomic E-state index is 11.9. The molecule has 4 nitrogen and oxygen atoms in total. The highest BCUT2D eigenvalue weighted by atomic mass is 32.2. The normalized spacial score (nSPS) is 13.0. The first-order valence-electron chi connectivity index (χ1n) is 3.98. The predicted octanol–water partition coefficient (Wildman–Crippen LogP) is 1.25. The van der Waals surface area contributed by atoms with Gasteiger partial charge in [0.25, 0.3) is 22.0 Å². The van der Waals surface area contributed by atoms with E-state index in [2.05, 4.69) is 4.18 Å². The van der Waals surface area contributed by atoms with Crippen LogP contribution in [0.25, 0.3) is 0 Å². The monoisotopic (exact) mass is 270 g/mol.